The molecule has 3 rings (SSSR count). The minimum Gasteiger partial charge on any atom is -0.324 e. The monoisotopic (exact) mass is 449 g/mol. The molecule has 0 spiro atoms. The van der Waals surface area contributed by atoms with E-state index < -0.39 is 22.0 Å². The number of carbonyl (C=O) groups excluding carboxylic acids is 2. The fraction of sp³-hybridized carbons (Fsp3) is 0.333. The van der Waals surface area contributed by atoms with Crippen LogP contribution in [0.4, 0.5) is 17.1 Å². The molecule has 0 bridgehead atoms. The Labute approximate surface area is 181 Å². The second-order valence-electron chi connectivity index (χ2n) is 7.14. The Morgan fingerprint density at radius 3 is 2.30 bits per heavy atom. The van der Waals surface area contributed by atoms with E-state index in [0.717, 1.165) is 22.7 Å². The third-order valence-corrected chi connectivity index (χ3v) is 6.36. The molecular weight excluding hydrogens is 426 g/mol. The fourth-order valence-electron chi connectivity index (χ4n) is 3.52. The number of rotatable bonds is 7. The molecule has 1 aliphatic heterocycles. The van der Waals surface area contributed by atoms with E-state index in [1.54, 1.807) is 60.4 Å². The van der Waals surface area contributed by atoms with Crippen molar-refractivity contribution in [3.63, 3.8) is 0 Å². The number of nitrogens with zero attached hydrogens (tertiary/aromatic N) is 2. The molecule has 2 amide bonds. The number of nitrogens with one attached hydrogen (secondary N) is 1. The second-order valence-corrected chi connectivity index (χ2v) is 9.44. The zero-order valence-corrected chi connectivity index (χ0v) is 18.4. The van der Waals surface area contributed by atoms with E-state index in [4.69, 9.17) is 11.6 Å². The van der Waals surface area contributed by atoms with Gasteiger partial charge in [-0.05, 0) is 61.4 Å². The van der Waals surface area contributed by atoms with Gasteiger partial charge in [-0.1, -0.05) is 18.5 Å². The van der Waals surface area contributed by atoms with Crippen molar-refractivity contribution in [1.29, 1.82) is 0 Å². The molecule has 30 heavy (non-hydrogen) atoms. The smallest absolute Gasteiger partial charge is 0.248 e. The molecule has 1 saturated heterocycles. The first-order chi connectivity index (χ1) is 14.2. The minimum atomic E-state index is -3.72. The first-order valence-corrected chi connectivity index (χ1v) is 11.9. The van der Waals surface area contributed by atoms with Gasteiger partial charge in [0, 0.05) is 29.4 Å². The molecule has 160 valence electrons. The number of amides is 2. The zero-order valence-electron chi connectivity index (χ0n) is 16.8. The predicted octanol–water partition coefficient (Wildman–Crippen LogP) is 3.65. The zero-order chi connectivity index (χ0) is 21.9. The van der Waals surface area contributed by atoms with Crippen LogP contribution in [0.3, 0.4) is 0 Å². The number of hydrogen-bond donors (Lipinski definition) is 1. The quantitative estimate of drug-likeness (QED) is 0.698. The van der Waals surface area contributed by atoms with Crippen molar-refractivity contribution in [2.24, 2.45) is 0 Å². The topological polar surface area (TPSA) is 86.8 Å². The molecule has 0 unspecified atom stereocenters. The van der Waals surface area contributed by atoms with Gasteiger partial charge in [-0.25, -0.2) is 8.42 Å². The van der Waals surface area contributed by atoms with Gasteiger partial charge in [0.15, 0.2) is 0 Å². The molecule has 0 aliphatic carbocycles. The summed E-state index contributed by atoms with van der Waals surface area (Å²) in [5.74, 6) is -0.354. The van der Waals surface area contributed by atoms with Crippen LogP contribution in [-0.4, -0.2) is 39.1 Å². The summed E-state index contributed by atoms with van der Waals surface area (Å²) < 4.78 is 26.1. The number of anilines is 3. The maximum absolute atomic E-state index is 13.0. The standard InChI is InChI=1S/C21H24ClN3O4S/c1-3-19(25(30(2,28)29)18-10-6-15(22)7-11-18)21(27)23-16-8-12-17(13-9-16)24-14-4-5-20(24)26/h6-13,19H,3-5,14H2,1-2H3,(H,23,27)/t19-/m1/s1. The molecule has 0 aromatic heterocycles. The summed E-state index contributed by atoms with van der Waals surface area (Å²) in [5.41, 5.74) is 1.67. The van der Waals surface area contributed by atoms with Crippen LogP contribution in [0.25, 0.3) is 0 Å². The highest BCUT2D eigenvalue weighted by Gasteiger charge is 2.31. The average Bonchev–Trinajstić information content (AvgIpc) is 3.12. The van der Waals surface area contributed by atoms with Gasteiger partial charge in [-0.2, -0.15) is 0 Å². The van der Waals surface area contributed by atoms with Crippen LogP contribution in [-0.2, 0) is 19.6 Å². The Morgan fingerprint density at radius 1 is 1.17 bits per heavy atom. The molecule has 1 heterocycles. The van der Waals surface area contributed by atoms with Crippen molar-refractivity contribution < 1.29 is 18.0 Å². The number of halogens is 1. The Balaban J connectivity index is 1.80. The van der Waals surface area contributed by atoms with E-state index in [1.807, 2.05) is 0 Å². The Bertz CT molecular complexity index is 1020. The molecule has 2 aromatic carbocycles. The molecule has 1 atom stereocenters. The summed E-state index contributed by atoms with van der Waals surface area (Å²) >= 11 is 5.91. The predicted molar refractivity (Wildman–Crippen MR) is 120 cm³/mol. The molecule has 9 heteroatoms. The summed E-state index contributed by atoms with van der Waals surface area (Å²) in [4.78, 5) is 26.5. The SMILES string of the molecule is CC[C@H](C(=O)Nc1ccc(N2CCCC2=O)cc1)N(c1ccc(Cl)cc1)S(C)(=O)=O. The highest BCUT2D eigenvalue weighted by Crippen LogP contribution is 2.26. The molecule has 0 radical (unpaired) electrons. The van der Waals surface area contributed by atoms with Gasteiger partial charge in [-0.15, -0.1) is 0 Å². The largest absolute Gasteiger partial charge is 0.324 e. The van der Waals surface area contributed by atoms with Gasteiger partial charge in [-0.3, -0.25) is 13.9 Å². The Hall–Kier alpha value is -2.58. The van der Waals surface area contributed by atoms with Gasteiger partial charge in [0.05, 0.1) is 11.9 Å². The molecular formula is C21H24ClN3O4S. The van der Waals surface area contributed by atoms with E-state index >= 15 is 0 Å². The average molecular weight is 450 g/mol. The van der Waals surface area contributed by atoms with Crippen LogP contribution in [0.2, 0.25) is 5.02 Å². The van der Waals surface area contributed by atoms with Crippen LogP contribution >= 0.6 is 11.6 Å². The van der Waals surface area contributed by atoms with E-state index in [9.17, 15) is 18.0 Å². The highest BCUT2D eigenvalue weighted by molar-refractivity contribution is 7.92. The maximum Gasteiger partial charge on any atom is 0.248 e. The molecule has 0 saturated carbocycles. The molecule has 1 fully saturated rings. The van der Waals surface area contributed by atoms with Gasteiger partial charge < -0.3 is 10.2 Å². The summed E-state index contributed by atoms with van der Waals surface area (Å²) in [6.07, 6.45) is 2.73. The van der Waals surface area contributed by atoms with Crippen molar-refractivity contribution in [2.75, 3.05) is 27.3 Å². The van der Waals surface area contributed by atoms with Crippen LogP contribution in [0, 0.1) is 0 Å². The first-order valence-electron chi connectivity index (χ1n) is 9.67. The Morgan fingerprint density at radius 2 is 1.80 bits per heavy atom. The number of carbonyl (C=O) groups is 2. The third-order valence-electron chi connectivity index (χ3n) is 4.93. The van der Waals surface area contributed by atoms with Crippen molar-refractivity contribution in [3.05, 3.63) is 53.6 Å². The third kappa shape index (κ3) is 4.94. The van der Waals surface area contributed by atoms with Crippen LogP contribution in [0.15, 0.2) is 48.5 Å². The lowest BCUT2D eigenvalue weighted by atomic mass is 10.1. The molecule has 2 aromatic rings. The first kappa shape index (κ1) is 22.1. The van der Waals surface area contributed by atoms with Crippen LogP contribution < -0.4 is 14.5 Å². The van der Waals surface area contributed by atoms with Gasteiger partial charge in [0.2, 0.25) is 21.8 Å². The van der Waals surface area contributed by atoms with E-state index in [2.05, 4.69) is 5.32 Å². The normalized spacial score (nSPS) is 15.2. The lowest BCUT2D eigenvalue weighted by Crippen LogP contribution is -2.47. The van der Waals surface area contributed by atoms with Crippen molar-refractivity contribution in [2.45, 2.75) is 32.2 Å². The summed E-state index contributed by atoms with van der Waals surface area (Å²) in [5, 5.41) is 3.25. The molecule has 7 nitrogen and oxygen atoms in total. The van der Waals surface area contributed by atoms with Crippen molar-refractivity contribution >= 4 is 50.5 Å². The van der Waals surface area contributed by atoms with E-state index in [-0.39, 0.29) is 12.3 Å². The van der Waals surface area contributed by atoms with Gasteiger partial charge >= 0.3 is 0 Å². The number of sulfonamides is 1. The van der Waals surface area contributed by atoms with Crippen molar-refractivity contribution in [1.82, 2.24) is 0 Å². The van der Waals surface area contributed by atoms with Crippen LogP contribution in [0.5, 0.6) is 0 Å². The molecule has 1 aliphatic rings. The van der Waals surface area contributed by atoms with Crippen LogP contribution in [0.1, 0.15) is 26.2 Å². The molecule has 1 N–H and O–H groups in total. The lowest BCUT2D eigenvalue weighted by Gasteiger charge is -2.30. The highest BCUT2D eigenvalue weighted by atomic mass is 35.5. The minimum absolute atomic E-state index is 0.0876. The van der Waals surface area contributed by atoms with Crippen molar-refractivity contribution in [3.8, 4) is 0 Å². The number of benzene rings is 2. The van der Waals surface area contributed by atoms with Gasteiger partial charge in [0.1, 0.15) is 6.04 Å². The summed E-state index contributed by atoms with van der Waals surface area (Å²) in [7, 11) is -3.72. The number of hydrogen-bond acceptors (Lipinski definition) is 4. The van der Waals surface area contributed by atoms with E-state index in [0.29, 0.717) is 29.4 Å². The fourth-order valence-corrected chi connectivity index (χ4v) is 4.86. The Kier molecular flexibility index (Phi) is 6.67. The van der Waals surface area contributed by atoms with Gasteiger partial charge in [0.25, 0.3) is 0 Å². The summed E-state index contributed by atoms with van der Waals surface area (Å²) in [6.45, 7) is 2.44. The second kappa shape index (κ2) is 9.06. The summed E-state index contributed by atoms with van der Waals surface area (Å²) in [6, 6.07) is 12.3. The maximum atomic E-state index is 13.0. The lowest BCUT2D eigenvalue weighted by molar-refractivity contribution is -0.118. The van der Waals surface area contributed by atoms with E-state index in [1.165, 1.54) is 0 Å².